The van der Waals surface area contributed by atoms with Gasteiger partial charge in [0, 0.05) is 6.42 Å². The quantitative estimate of drug-likeness (QED) is 0.353. The predicted molar refractivity (Wildman–Crippen MR) is 140 cm³/mol. The van der Waals surface area contributed by atoms with Crippen LogP contribution in [0.4, 0.5) is 4.79 Å². The molecule has 8 heteroatoms. The summed E-state index contributed by atoms with van der Waals surface area (Å²) in [5.41, 5.74) is 1.60. The van der Waals surface area contributed by atoms with Gasteiger partial charge in [0.1, 0.15) is 6.61 Å². The lowest BCUT2D eigenvalue weighted by molar-refractivity contribution is -0.129. The number of cyclic esters (lactones) is 1. The van der Waals surface area contributed by atoms with E-state index in [0.717, 1.165) is 16.7 Å². The van der Waals surface area contributed by atoms with Crippen LogP contribution < -0.4 is 0 Å². The molecule has 0 saturated carbocycles. The molecule has 1 aliphatic heterocycles. The van der Waals surface area contributed by atoms with Gasteiger partial charge in [-0.1, -0.05) is 54.6 Å². The van der Waals surface area contributed by atoms with Crippen molar-refractivity contribution in [2.24, 2.45) is 0 Å². The van der Waals surface area contributed by atoms with E-state index in [0.29, 0.717) is 12.8 Å². The van der Waals surface area contributed by atoms with Crippen molar-refractivity contribution in [3.05, 3.63) is 71.3 Å². The highest BCUT2D eigenvalue weighted by atomic mass is 31.2. The molecule has 36 heavy (non-hydrogen) atoms. The Morgan fingerprint density at radius 2 is 1.47 bits per heavy atom. The monoisotopic (exact) mass is 515 g/mol. The largest absolute Gasteiger partial charge is 0.447 e. The zero-order chi connectivity index (χ0) is 26.6. The summed E-state index contributed by atoms with van der Waals surface area (Å²) < 4.78 is 30.4. The average Bonchev–Trinajstić information content (AvgIpc) is 3.10. The van der Waals surface area contributed by atoms with Crippen LogP contribution in [0.15, 0.2) is 54.6 Å². The summed E-state index contributed by atoms with van der Waals surface area (Å²) in [7, 11) is -3.40. The molecule has 1 saturated heterocycles. The Labute approximate surface area is 214 Å². The van der Waals surface area contributed by atoms with E-state index < -0.39 is 24.9 Å². The Kier molecular flexibility index (Phi) is 8.81. The average molecular weight is 516 g/mol. The summed E-state index contributed by atoms with van der Waals surface area (Å²) in [4.78, 5) is 26.4. The summed E-state index contributed by atoms with van der Waals surface area (Å²) in [6.45, 7) is 11.3. The number of nitrogens with zero attached hydrogens (tertiary/aromatic N) is 1. The number of rotatable bonds is 9. The van der Waals surface area contributed by atoms with E-state index in [9.17, 15) is 14.2 Å². The molecule has 3 rings (SSSR count). The topological polar surface area (TPSA) is 82.1 Å². The lowest BCUT2D eigenvalue weighted by Gasteiger charge is -2.32. The lowest BCUT2D eigenvalue weighted by Crippen LogP contribution is -2.40. The van der Waals surface area contributed by atoms with Crippen molar-refractivity contribution in [2.75, 3.05) is 6.61 Å². The molecule has 0 radical (unpaired) electrons. The number of amides is 2. The Morgan fingerprint density at radius 3 is 2.03 bits per heavy atom. The molecule has 7 nitrogen and oxygen atoms in total. The molecule has 196 valence electrons. The maximum Gasteiger partial charge on any atom is 0.416 e. The molecule has 0 N–H and O–H groups in total. The van der Waals surface area contributed by atoms with Crippen molar-refractivity contribution in [3.8, 4) is 0 Å². The highest BCUT2D eigenvalue weighted by Crippen LogP contribution is 2.56. The number of carbonyl (C=O) groups is 2. The molecule has 0 aromatic heterocycles. The standard InChI is InChI=1S/C28H38NO6P/c1-27(2,3)34-36(32,35-28(4,5)6)20-23-14-12-21(13-15-23)16-17-25(30)29-24(19-33-26(29)31)18-22-10-8-7-9-11-22/h7-15,24H,16-20H2,1-6H3/t24-/m0/s1. The van der Waals surface area contributed by atoms with Crippen LogP contribution >= 0.6 is 7.60 Å². The van der Waals surface area contributed by atoms with E-state index in [1.165, 1.54) is 4.90 Å². The van der Waals surface area contributed by atoms with Crippen LogP contribution in [-0.2, 0) is 42.1 Å². The van der Waals surface area contributed by atoms with E-state index in [1.807, 2.05) is 96.1 Å². The van der Waals surface area contributed by atoms with Gasteiger partial charge in [0.2, 0.25) is 5.91 Å². The third-order valence-corrected chi connectivity index (χ3v) is 7.80. The fourth-order valence-corrected chi connectivity index (χ4v) is 6.62. The summed E-state index contributed by atoms with van der Waals surface area (Å²) >= 11 is 0. The van der Waals surface area contributed by atoms with Crippen LogP contribution in [0.3, 0.4) is 0 Å². The number of hydrogen-bond donors (Lipinski definition) is 0. The van der Waals surface area contributed by atoms with Gasteiger partial charge in [-0.3, -0.25) is 9.36 Å². The van der Waals surface area contributed by atoms with E-state index in [2.05, 4.69) is 0 Å². The van der Waals surface area contributed by atoms with E-state index in [1.54, 1.807) is 0 Å². The van der Waals surface area contributed by atoms with Crippen molar-refractivity contribution in [3.63, 3.8) is 0 Å². The maximum absolute atomic E-state index is 13.5. The number of carbonyl (C=O) groups excluding carboxylic acids is 2. The van der Waals surface area contributed by atoms with Gasteiger partial charge < -0.3 is 13.8 Å². The second-order valence-electron chi connectivity index (χ2n) is 11.2. The SMILES string of the molecule is CC(C)(C)OP(=O)(Cc1ccc(CCC(=O)N2C(=O)OC[C@@H]2Cc2ccccc2)cc1)OC(C)(C)C. The molecule has 2 aromatic carbocycles. The molecular formula is C28H38NO6P. The van der Waals surface area contributed by atoms with Crippen LogP contribution in [0.1, 0.15) is 64.7 Å². The summed E-state index contributed by atoms with van der Waals surface area (Å²) in [5, 5.41) is 0. The minimum absolute atomic E-state index is 0.154. The third kappa shape index (κ3) is 8.58. The second-order valence-corrected chi connectivity index (χ2v) is 13.1. The Bertz CT molecular complexity index is 1070. The molecule has 1 fully saturated rings. The maximum atomic E-state index is 13.5. The van der Waals surface area contributed by atoms with Crippen LogP contribution in [0.2, 0.25) is 0 Å². The second kappa shape index (κ2) is 11.3. The van der Waals surface area contributed by atoms with Crippen LogP contribution in [0, 0.1) is 0 Å². The van der Waals surface area contributed by atoms with Crippen molar-refractivity contribution >= 4 is 19.6 Å². The highest BCUT2D eigenvalue weighted by molar-refractivity contribution is 7.53. The zero-order valence-corrected chi connectivity index (χ0v) is 23.0. The molecular weight excluding hydrogens is 477 g/mol. The molecule has 0 aliphatic carbocycles. The van der Waals surface area contributed by atoms with Gasteiger partial charge in [0.15, 0.2) is 0 Å². The molecule has 0 bridgehead atoms. The molecule has 1 aliphatic rings. The first-order valence-electron chi connectivity index (χ1n) is 12.3. The minimum atomic E-state index is -3.40. The number of hydrogen-bond acceptors (Lipinski definition) is 6. The number of benzene rings is 2. The zero-order valence-electron chi connectivity index (χ0n) is 22.2. The van der Waals surface area contributed by atoms with Crippen molar-refractivity contribution < 1.29 is 27.9 Å². The van der Waals surface area contributed by atoms with Crippen molar-refractivity contribution in [1.29, 1.82) is 0 Å². The smallest absolute Gasteiger partial charge is 0.416 e. The van der Waals surface area contributed by atoms with Crippen LogP contribution in [-0.4, -0.2) is 40.8 Å². The van der Waals surface area contributed by atoms with Gasteiger partial charge in [-0.15, -0.1) is 0 Å². The number of aryl methyl sites for hydroxylation is 1. The Balaban J connectivity index is 1.61. The fraction of sp³-hybridized carbons (Fsp3) is 0.500. The lowest BCUT2D eigenvalue weighted by atomic mass is 10.0. The van der Waals surface area contributed by atoms with Gasteiger partial charge in [-0.2, -0.15) is 0 Å². The summed E-state index contributed by atoms with van der Waals surface area (Å²) in [6.07, 6.45) is 0.820. The third-order valence-electron chi connectivity index (χ3n) is 5.40. The summed E-state index contributed by atoms with van der Waals surface area (Å²) in [6, 6.07) is 17.0. The van der Waals surface area contributed by atoms with Crippen molar-refractivity contribution in [1.82, 2.24) is 4.90 Å². The predicted octanol–water partition coefficient (Wildman–Crippen LogP) is 6.53. The van der Waals surface area contributed by atoms with Crippen LogP contribution in [0.5, 0.6) is 0 Å². The number of ether oxygens (including phenoxy) is 1. The first-order chi connectivity index (χ1) is 16.7. The Morgan fingerprint density at radius 1 is 0.917 bits per heavy atom. The Hall–Kier alpha value is -2.47. The number of imide groups is 1. The van der Waals surface area contributed by atoms with Crippen LogP contribution in [0.25, 0.3) is 0 Å². The molecule has 2 amide bonds. The molecule has 1 atom stereocenters. The summed E-state index contributed by atoms with van der Waals surface area (Å²) in [5.74, 6) is -0.246. The first-order valence-corrected chi connectivity index (χ1v) is 14.1. The first kappa shape index (κ1) is 28.1. The highest BCUT2D eigenvalue weighted by Gasteiger charge is 2.38. The van der Waals surface area contributed by atoms with Gasteiger partial charge in [-0.05, 0) is 71.1 Å². The molecule has 1 heterocycles. The minimum Gasteiger partial charge on any atom is -0.447 e. The van der Waals surface area contributed by atoms with Gasteiger partial charge >= 0.3 is 13.7 Å². The fourth-order valence-electron chi connectivity index (χ4n) is 4.13. The van der Waals surface area contributed by atoms with Gasteiger partial charge in [0.05, 0.1) is 23.4 Å². The van der Waals surface area contributed by atoms with E-state index in [-0.39, 0.29) is 31.1 Å². The van der Waals surface area contributed by atoms with E-state index >= 15 is 0 Å². The van der Waals surface area contributed by atoms with Gasteiger partial charge in [0.25, 0.3) is 0 Å². The molecule has 2 aromatic rings. The van der Waals surface area contributed by atoms with Gasteiger partial charge in [-0.25, -0.2) is 9.69 Å². The molecule has 0 unspecified atom stereocenters. The molecule has 0 spiro atoms. The van der Waals surface area contributed by atoms with Crippen molar-refractivity contribution in [2.45, 2.75) is 84.2 Å². The normalized spacial score (nSPS) is 16.8. The van der Waals surface area contributed by atoms with E-state index in [4.69, 9.17) is 13.8 Å².